The van der Waals surface area contributed by atoms with Crippen LogP contribution in [0.4, 0.5) is 0 Å². The van der Waals surface area contributed by atoms with Crippen LogP contribution in [0.2, 0.25) is 0 Å². The summed E-state index contributed by atoms with van der Waals surface area (Å²) in [5.74, 6) is 0.682. The fourth-order valence-corrected chi connectivity index (χ4v) is 3.29. The topological polar surface area (TPSA) is 41.1 Å². The van der Waals surface area contributed by atoms with Crippen molar-refractivity contribution in [2.45, 2.75) is 45.1 Å². The van der Waals surface area contributed by atoms with Crippen LogP contribution in [-0.4, -0.2) is 25.0 Å². The molecule has 0 aromatic heterocycles. The molecule has 1 aliphatic rings. The van der Waals surface area contributed by atoms with Gasteiger partial charge in [0, 0.05) is 23.5 Å². The average Bonchev–Trinajstić information content (AvgIpc) is 2.96. The van der Waals surface area contributed by atoms with Crippen LogP contribution in [-0.2, 0) is 11.2 Å². The van der Waals surface area contributed by atoms with E-state index in [-0.39, 0.29) is 5.91 Å². The van der Waals surface area contributed by atoms with Gasteiger partial charge >= 0.3 is 0 Å². The standard InChI is InChI=1S/C17H25BrN2O/c1-2-13(9-14-5-3-6-15(18)10-14)12-20-17(21)11-16-7-4-8-19-16/h3,5-6,10,13,16,19H,2,4,7-9,11-12H2,1H3,(H,20,21). The molecule has 0 bridgehead atoms. The molecule has 2 N–H and O–H groups in total. The zero-order valence-corrected chi connectivity index (χ0v) is 14.3. The van der Waals surface area contributed by atoms with E-state index in [1.54, 1.807) is 0 Å². The molecule has 1 aromatic rings. The molecule has 1 saturated heterocycles. The fraction of sp³-hybridized carbons (Fsp3) is 0.588. The van der Waals surface area contributed by atoms with Crippen molar-refractivity contribution in [3.05, 3.63) is 34.3 Å². The number of hydrogen-bond acceptors (Lipinski definition) is 2. The number of halogens is 1. The number of hydrogen-bond donors (Lipinski definition) is 2. The summed E-state index contributed by atoms with van der Waals surface area (Å²) >= 11 is 3.51. The van der Waals surface area contributed by atoms with Crippen molar-refractivity contribution >= 4 is 21.8 Å². The first-order chi connectivity index (χ1) is 10.2. The maximum Gasteiger partial charge on any atom is 0.221 e. The Bertz CT molecular complexity index is 458. The van der Waals surface area contributed by atoms with E-state index in [0.717, 1.165) is 36.8 Å². The van der Waals surface area contributed by atoms with Crippen molar-refractivity contribution in [2.75, 3.05) is 13.1 Å². The molecule has 4 heteroatoms. The van der Waals surface area contributed by atoms with E-state index in [1.807, 2.05) is 6.07 Å². The molecule has 0 spiro atoms. The summed E-state index contributed by atoms with van der Waals surface area (Å²) in [6.45, 7) is 4.01. The lowest BCUT2D eigenvalue weighted by molar-refractivity contribution is -0.121. The molecule has 1 heterocycles. The van der Waals surface area contributed by atoms with Crippen LogP contribution in [0.5, 0.6) is 0 Å². The van der Waals surface area contributed by atoms with Gasteiger partial charge in [-0.25, -0.2) is 0 Å². The quantitative estimate of drug-likeness (QED) is 0.790. The lowest BCUT2D eigenvalue weighted by Crippen LogP contribution is -2.34. The van der Waals surface area contributed by atoms with Crippen molar-refractivity contribution < 1.29 is 4.79 Å². The highest BCUT2D eigenvalue weighted by Gasteiger charge is 2.18. The maximum absolute atomic E-state index is 12.0. The van der Waals surface area contributed by atoms with Gasteiger partial charge in [-0.3, -0.25) is 4.79 Å². The summed E-state index contributed by atoms with van der Waals surface area (Å²) in [4.78, 5) is 12.0. The van der Waals surface area contributed by atoms with Crippen LogP contribution >= 0.6 is 15.9 Å². The second-order valence-electron chi connectivity index (χ2n) is 5.91. The van der Waals surface area contributed by atoms with Crippen molar-refractivity contribution in [2.24, 2.45) is 5.92 Å². The first-order valence-electron chi connectivity index (χ1n) is 7.92. The van der Waals surface area contributed by atoms with Crippen molar-refractivity contribution in [1.29, 1.82) is 0 Å². The number of nitrogens with one attached hydrogen (secondary N) is 2. The summed E-state index contributed by atoms with van der Waals surface area (Å²) in [5, 5.41) is 6.47. The zero-order valence-electron chi connectivity index (χ0n) is 12.7. The summed E-state index contributed by atoms with van der Waals surface area (Å²) in [6.07, 6.45) is 5.03. The molecule has 2 unspecified atom stereocenters. The number of benzene rings is 1. The minimum absolute atomic E-state index is 0.182. The number of amides is 1. The van der Waals surface area contributed by atoms with E-state index in [9.17, 15) is 4.79 Å². The molecule has 1 aliphatic heterocycles. The Morgan fingerprint density at radius 2 is 2.38 bits per heavy atom. The van der Waals surface area contributed by atoms with Crippen LogP contribution < -0.4 is 10.6 Å². The van der Waals surface area contributed by atoms with E-state index in [4.69, 9.17) is 0 Å². The number of rotatable bonds is 7. The van der Waals surface area contributed by atoms with Gasteiger partial charge in [0.1, 0.15) is 0 Å². The average molecular weight is 353 g/mol. The summed E-state index contributed by atoms with van der Waals surface area (Å²) in [7, 11) is 0. The molecule has 2 atom stereocenters. The largest absolute Gasteiger partial charge is 0.356 e. The Morgan fingerprint density at radius 3 is 3.05 bits per heavy atom. The molecule has 21 heavy (non-hydrogen) atoms. The minimum Gasteiger partial charge on any atom is -0.356 e. The third kappa shape index (κ3) is 5.79. The smallest absolute Gasteiger partial charge is 0.221 e. The second-order valence-corrected chi connectivity index (χ2v) is 6.83. The predicted molar refractivity (Wildman–Crippen MR) is 90.3 cm³/mol. The summed E-state index contributed by atoms with van der Waals surface area (Å²) < 4.78 is 1.12. The molecule has 2 rings (SSSR count). The lowest BCUT2D eigenvalue weighted by Gasteiger charge is -2.17. The van der Waals surface area contributed by atoms with Crippen LogP contribution in [0.25, 0.3) is 0 Å². The van der Waals surface area contributed by atoms with Gasteiger partial charge in [0.05, 0.1) is 0 Å². The van der Waals surface area contributed by atoms with E-state index >= 15 is 0 Å². The van der Waals surface area contributed by atoms with Crippen molar-refractivity contribution in [3.63, 3.8) is 0 Å². The predicted octanol–water partition coefficient (Wildman–Crippen LogP) is 3.28. The Labute approximate surface area is 136 Å². The molecule has 1 fully saturated rings. The van der Waals surface area contributed by atoms with Gasteiger partial charge in [0.15, 0.2) is 0 Å². The Kier molecular flexibility index (Phi) is 6.71. The Balaban J connectivity index is 1.75. The Hall–Kier alpha value is -0.870. The molecule has 1 amide bonds. The number of carbonyl (C=O) groups excluding carboxylic acids is 1. The molecule has 1 aromatic carbocycles. The van der Waals surface area contributed by atoms with Gasteiger partial charge < -0.3 is 10.6 Å². The van der Waals surface area contributed by atoms with E-state index in [2.05, 4.69) is 51.7 Å². The van der Waals surface area contributed by atoms with Gasteiger partial charge in [-0.2, -0.15) is 0 Å². The highest BCUT2D eigenvalue weighted by Crippen LogP contribution is 2.16. The normalized spacial score (nSPS) is 19.4. The fourth-order valence-electron chi connectivity index (χ4n) is 2.84. The molecule has 3 nitrogen and oxygen atoms in total. The highest BCUT2D eigenvalue weighted by atomic mass is 79.9. The van der Waals surface area contributed by atoms with E-state index in [0.29, 0.717) is 18.4 Å². The molecule has 116 valence electrons. The van der Waals surface area contributed by atoms with Crippen LogP contribution in [0, 0.1) is 5.92 Å². The SMILES string of the molecule is CCC(CNC(=O)CC1CCCN1)Cc1cccc(Br)c1. The highest BCUT2D eigenvalue weighted by molar-refractivity contribution is 9.10. The van der Waals surface area contributed by atoms with E-state index in [1.165, 1.54) is 12.0 Å². The molecule has 0 saturated carbocycles. The summed E-state index contributed by atoms with van der Waals surface area (Å²) in [5.41, 5.74) is 1.32. The van der Waals surface area contributed by atoms with Gasteiger partial charge in [-0.1, -0.05) is 41.4 Å². The van der Waals surface area contributed by atoms with Gasteiger partial charge in [0.25, 0.3) is 0 Å². The van der Waals surface area contributed by atoms with Gasteiger partial charge in [-0.15, -0.1) is 0 Å². The molecule has 0 radical (unpaired) electrons. The molecular weight excluding hydrogens is 328 g/mol. The summed E-state index contributed by atoms with van der Waals surface area (Å²) in [6, 6.07) is 8.80. The Morgan fingerprint density at radius 1 is 1.52 bits per heavy atom. The lowest BCUT2D eigenvalue weighted by atomic mass is 9.97. The maximum atomic E-state index is 12.0. The van der Waals surface area contributed by atoms with Gasteiger partial charge in [-0.05, 0) is 49.4 Å². The first-order valence-corrected chi connectivity index (χ1v) is 8.71. The monoisotopic (exact) mass is 352 g/mol. The van der Waals surface area contributed by atoms with Crippen LogP contribution in [0.3, 0.4) is 0 Å². The third-order valence-electron chi connectivity index (χ3n) is 4.17. The first kappa shape index (κ1) is 16.5. The number of carbonyl (C=O) groups is 1. The van der Waals surface area contributed by atoms with Crippen molar-refractivity contribution in [3.8, 4) is 0 Å². The molecular formula is C17H25BrN2O. The van der Waals surface area contributed by atoms with Crippen LogP contribution in [0.15, 0.2) is 28.7 Å². The van der Waals surface area contributed by atoms with Gasteiger partial charge in [0.2, 0.25) is 5.91 Å². The van der Waals surface area contributed by atoms with Crippen molar-refractivity contribution in [1.82, 2.24) is 10.6 Å². The molecule has 0 aliphatic carbocycles. The van der Waals surface area contributed by atoms with Crippen LogP contribution in [0.1, 0.15) is 38.2 Å². The van der Waals surface area contributed by atoms with E-state index < -0.39 is 0 Å². The minimum atomic E-state index is 0.182. The second kappa shape index (κ2) is 8.54. The zero-order chi connectivity index (χ0) is 15.1. The third-order valence-corrected chi connectivity index (χ3v) is 4.67.